The van der Waals surface area contributed by atoms with E-state index in [1.807, 2.05) is 29.7 Å². The summed E-state index contributed by atoms with van der Waals surface area (Å²) in [5, 5.41) is 0. The molecule has 5 heteroatoms. The first-order valence-electron chi connectivity index (χ1n) is 8.23. The summed E-state index contributed by atoms with van der Waals surface area (Å²) in [6.45, 7) is 5.14. The smallest absolute Gasteiger partial charge is 0.358 e. The maximum absolute atomic E-state index is 12.3. The Balaban J connectivity index is 2.17. The van der Waals surface area contributed by atoms with Crippen molar-refractivity contribution < 1.29 is 9.53 Å². The molecule has 0 radical (unpaired) electrons. The number of hydrogen-bond donors (Lipinski definition) is 1. The lowest BCUT2D eigenvalue weighted by Gasteiger charge is -2.11. The van der Waals surface area contributed by atoms with Gasteiger partial charge < -0.3 is 15.0 Å². The van der Waals surface area contributed by atoms with Crippen molar-refractivity contribution in [2.24, 2.45) is 0 Å². The highest BCUT2D eigenvalue weighted by Crippen LogP contribution is 2.18. The Hall–Kier alpha value is -2.30. The Labute approximate surface area is 137 Å². The number of benzene rings is 1. The zero-order valence-corrected chi connectivity index (χ0v) is 13.9. The van der Waals surface area contributed by atoms with E-state index >= 15 is 0 Å². The molecule has 1 aromatic heterocycles. The van der Waals surface area contributed by atoms with Crippen LogP contribution >= 0.6 is 0 Å². The number of carbonyl (C=O) groups is 1. The molecule has 0 aliphatic rings. The molecule has 1 aromatic carbocycles. The number of imidazole rings is 1. The number of esters is 1. The first-order valence-corrected chi connectivity index (χ1v) is 8.23. The van der Waals surface area contributed by atoms with E-state index < -0.39 is 0 Å². The van der Waals surface area contributed by atoms with E-state index in [4.69, 9.17) is 10.5 Å². The molecule has 2 rings (SSSR count). The van der Waals surface area contributed by atoms with Crippen molar-refractivity contribution in [2.45, 2.75) is 46.1 Å². The van der Waals surface area contributed by atoms with Gasteiger partial charge in [-0.1, -0.05) is 50.6 Å². The second-order valence-electron chi connectivity index (χ2n) is 5.49. The van der Waals surface area contributed by atoms with Crippen molar-refractivity contribution in [1.29, 1.82) is 0 Å². The van der Waals surface area contributed by atoms with Crippen LogP contribution in [0.25, 0.3) is 0 Å². The van der Waals surface area contributed by atoms with Crippen LogP contribution in [0.3, 0.4) is 0 Å². The van der Waals surface area contributed by atoms with Gasteiger partial charge in [0.25, 0.3) is 0 Å². The number of nitrogens with two attached hydrogens (primary N) is 1. The molecule has 2 aromatic rings. The van der Waals surface area contributed by atoms with Crippen molar-refractivity contribution in [3.63, 3.8) is 0 Å². The number of carbonyl (C=O) groups excluding carboxylic acids is 1. The van der Waals surface area contributed by atoms with Crippen LogP contribution in [0.15, 0.2) is 30.3 Å². The van der Waals surface area contributed by atoms with Gasteiger partial charge in [0, 0.05) is 13.0 Å². The molecular weight excluding hydrogens is 290 g/mol. The van der Waals surface area contributed by atoms with E-state index in [0.29, 0.717) is 18.8 Å². The van der Waals surface area contributed by atoms with Gasteiger partial charge in [0.15, 0.2) is 11.5 Å². The Morgan fingerprint density at radius 1 is 1.26 bits per heavy atom. The summed E-state index contributed by atoms with van der Waals surface area (Å²) >= 11 is 0. The molecule has 0 fully saturated rings. The fraction of sp³-hybridized carbons (Fsp3) is 0.444. The van der Waals surface area contributed by atoms with Gasteiger partial charge in [-0.3, -0.25) is 0 Å². The normalized spacial score (nSPS) is 10.7. The molecule has 0 spiro atoms. The van der Waals surface area contributed by atoms with Crippen LogP contribution in [0.2, 0.25) is 0 Å². The molecule has 124 valence electrons. The SMILES string of the molecule is CCCCOC(=O)c1c(N)nc(CC)n1CCc1ccccc1. The summed E-state index contributed by atoms with van der Waals surface area (Å²) in [5.41, 5.74) is 7.56. The average molecular weight is 315 g/mol. The van der Waals surface area contributed by atoms with Crippen molar-refractivity contribution in [1.82, 2.24) is 9.55 Å². The monoisotopic (exact) mass is 315 g/mol. The predicted octanol–water partition coefficient (Wildman–Crippen LogP) is 3.23. The third-order valence-electron chi connectivity index (χ3n) is 3.78. The quantitative estimate of drug-likeness (QED) is 0.600. The van der Waals surface area contributed by atoms with Crippen molar-refractivity contribution >= 4 is 11.8 Å². The number of aryl methyl sites for hydroxylation is 2. The maximum atomic E-state index is 12.3. The topological polar surface area (TPSA) is 70.1 Å². The molecule has 23 heavy (non-hydrogen) atoms. The fourth-order valence-electron chi connectivity index (χ4n) is 2.51. The minimum Gasteiger partial charge on any atom is -0.461 e. The van der Waals surface area contributed by atoms with Crippen LogP contribution in [-0.2, 0) is 24.1 Å². The third kappa shape index (κ3) is 4.34. The van der Waals surface area contributed by atoms with Crippen LogP contribution in [-0.4, -0.2) is 22.1 Å². The minimum atomic E-state index is -0.379. The number of rotatable bonds is 8. The number of aromatic nitrogens is 2. The van der Waals surface area contributed by atoms with E-state index in [-0.39, 0.29) is 11.8 Å². The molecular formula is C18H25N3O2. The summed E-state index contributed by atoms with van der Waals surface area (Å²) < 4.78 is 7.22. The maximum Gasteiger partial charge on any atom is 0.358 e. The standard InChI is InChI=1S/C18H25N3O2/c1-3-5-13-23-18(22)16-17(19)20-15(4-2)21(16)12-11-14-9-7-6-8-10-14/h6-10H,3-5,11-13,19H2,1-2H3. The highest BCUT2D eigenvalue weighted by molar-refractivity contribution is 5.92. The third-order valence-corrected chi connectivity index (χ3v) is 3.78. The molecule has 0 unspecified atom stereocenters. The lowest BCUT2D eigenvalue weighted by atomic mass is 10.1. The van der Waals surface area contributed by atoms with Gasteiger partial charge in [-0.15, -0.1) is 0 Å². The van der Waals surface area contributed by atoms with Crippen LogP contribution < -0.4 is 5.73 Å². The van der Waals surface area contributed by atoms with Crippen molar-refractivity contribution in [2.75, 3.05) is 12.3 Å². The van der Waals surface area contributed by atoms with Gasteiger partial charge >= 0.3 is 5.97 Å². The number of ether oxygens (including phenoxy) is 1. The fourth-order valence-corrected chi connectivity index (χ4v) is 2.51. The molecule has 0 atom stereocenters. The molecule has 0 aliphatic heterocycles. The zero-order valence-electron chi connectivity index (χ0n) is 13.9. The van der Waals surface area contributed by atoms with Gasteiger partial charge in [0.1, 0.15) is 5.82 Å². The first kappa shape index (κ1) is 17.1. The summed E-state index contributed by atoms with van der Waals surface area (Å²) in [4.78, 5) is 16.7. The van der Waals surface area contributed by atoms with Gasteiger partial charge in [-0.25, -0.2) is 9.78 Å². The number of nitrogen functional groups attached to an aromatic ring is 1. The van der Waals surface area contributed by atoms with E-state index in [9.17, 15) is 4.79 Å². The highest BCUT2D eigenvalue weighted by atomic mass is 16.5. The molecule has 0 bridgehead atoms. The lowest BCUT2D eigenvalue weighted by molar-refractivity contribution is 0.0488. The highest BCUT2D eigenvalue weighted by Gasteiger charge is 2.21. The Kier molecular flexibility index (Phi) is 6.20. The van der Waals surface area contributed by atoms with E-state index in [0.717, 1.165) is 31.5 Å². The first-order chi connectivity index (χ1) is 11.2. The van der Waals surface area contributed by atoms with Crippen LogP contribution in [0.4, 0.5) is 5.82 Å². The van der Waals surface area contributed by atoms with Crippen LogP contribution in [0.5, 0.6) is 0 Å². The second-order valence-corrected chi connectivity index (χ2v) is 5.49. The second kappa shape index (κ2) is 8.36. The lowest BCUT2D eigenvalue weighted by Crippen LogP contribution is -2.17. The zero-order chi connectivity index (χ0) is 16.7. The van der Waals surface area contributed by atoms with Crippen molar-refractivity contribution in [3.05, 3.63) is 47.4 Å². The molecule has 0 aliphatic carbocycles. The average Bonchev–Trinajstić information content (AvgIpc) is 2.89. The number of unbranched alkanes of at least 4 members (excludes halogenated alkanes) is 1. The van der Waals surface area contributed by atoms with Crippen LogP contribution in [0, 0.1) is 0 Å². The Morgan fingerprint density at radius 3 is 2.65 bits per heavy atom. The predicted molar refractivity (Wildman–Crippen MR) is 91.4 cm³/mol. The number of anilines is 1. The molecule has 1 heterocycles. The van der Waals surface area contributed by atoms with E-state index in [2.05, 4.69) is 24.0 Å². The molecule has 0 saturated heterocycles. The molecule has 0 saturated carbocycles. The molecule has 5 nitrogen and oxygen atoms in total. The van der Waals surface area contributed by atoms with Crippen molar-refractivity contribution in [3.8, 4) is 0 Å². The van der Waals surface area contributed by atoms with Crippen LogP contribution in [0.1, 0.15) is 48.6 Å². The minimum absolute atomic E-state index is 0.261. The Morgan fingerprint density at radius 2 is 2.00 bits per heavy atom. The summed E-state index contributed by atoms with van der Waals surface area (Å²) in [6, 6.07) is 10.2. The van der Waals surface area contributed by atoms with E-state index in [1.54, 1.807) is 0 Å². The molecule has 2 N–H and O–H groups in total. The summed E-state index contributed by atoms with van der Waals surface area (Å²) in [6.07, 6.45) is 3.38. The summed E-state index contributed by atoms with van der Waals surface area (Å²) in [7, 11) is 0. The Bertz CT molecular complexity index is 635. The van der Waals surface area contributed by atoms with Gasteiger partial charge in [-0.05, 0) is 18.4 Å². The molecule has 0 amide bonds. The number of hydrogen-bond acceptors (Lipinski definition) is 4. The summed E-state index contributed by atoms with van der Waals surface area (Å²) in [5.74, 6) is 0.702. The number of nitrogens with zero attached hydrogens (tertiary/aromatic N) is 2. The van der Waals surface area contributed by atoms with Gasteiger partial charge in [-0.2, -0.15) is 0 Å². The van der Waals surface area contributed by atoms with Gasteiger partial charge in [0.05, 0.1) is 6.61 Å². The largest absolute Gasteiger partial charge is 0.461 e. The van der Waals surface area contributed by atoms with Gasteiger partial charge in [0.2, 0.25) is 0 Å². The van der Waals surface area contributed by atoms with E-state index in [1.165, 1.54) is 5.56 Å².